The molecule has 0 aliphatic carbocycles. The molecule has 1 aliphatic rings. The third kappa shape index (κ3) is 5.88. The highest BCUT2D eigenvalue weighted by Gasteiger charge is 2.33. The van der Waals surface area contributed by atoms with Crippen LogP contribution in [0.1, 0.15) is 23.6 Å². The molecule has 0 unspecified atom stereocenters. The Balaban J connectivity index is 1.60. The molecule has 8 nitrogen and oxygen atoms in total. The monoisotopic (exact) mass is 431 g/mol. The van der Waals surface area contributed by atoms with Crippen LogP contribution in [0.2, 0.25) is 0 Å². The quantitative estimate of drug-likeness (QED) is 0.577. The first-order chi connectivity index (χ1) is 14.4. The average molecular weight is 432 g/mol. The first-order valence-corrected chi connectivity index (χ1v) is 11.1. The molecule has 0 bridgehead atoms. The molecule has 1 fully saturated rings. The lowest BCUT2D eigenvalue weighted by molar-refractivity contribution is -0.145. The van der Waals surface area contributed by atoms with E-state index >= 15 is 0 Å². The molecule has 3 rings (SSSR count). The molecule has 0 radical (unpaired) electrons. The number of hydrogen-bond acceptors (Lipinski definition) is 6. The number of carbonyl (C=O) groups is 2. The molecule has 2 aromatic rings. The SMILES string of the molecule is CCOC(=O)[C@H](Cc1ccccc1)NCc1ccc(CN2CC(=O)NS2(=O)=O)cc1. The summed E-state index contributed by atoms with van der Waals surface area (Å²) in [7, 11) is -3.74. The van der Waals surface area contributed by atoms with Crippen molar-refractivity contribution in [3.63, 3.8) is 0 Å². The highest BCUT2D eigenvalue weighted by molar-refractivity contribution is 7.88. The lowest BCUT2D eigenvalue weighted by atomic mass is 10.1. The van der Waals surface area contributed by atoms with Gasteiger partial charge in [0.05, 0.1) is 13.2 Å². The van der Waals surface area contributed by atoms with E-state index in [1.54, 1.807) is 6.92 Å². The van der Waals surface area contributed by atoms with E-state index in [9.17, 15) is 18.0 Å². The first-order valence-electron chi connectivity index (χ1n) is 9.70. The van der Waals surface area contributed by atoms with Crippen molar-refractivity contribution >= 4 is 22.1 Å². The van der Waals surface area contributed by atoms with E-state index in [0.29, 0.717) is 19.6 Å². The average Bonchev–Trinajstić information content (AvgIpc) is 2.98. The number of nitrogens with one attached hydrogen (secondary N) is 2. The summed E-state index contributed by atoms with van der Waals surface area (Å²) in [5.74, 6) is -0.825. The number of hydrogen-bond donors (Lipinski definition) is 2. The van der Waals surface area contributed by atoms with Gasteiger partial charge in [0.2, 0.25) is 5.91 Å². The van der Waals surface area contributed by atoms with Crippen LogP contribution in [0, 0.1) is 0 Å². The Morgan fingerprint density at radius 2 is 1.77 bits per heavy atom. The van der Waals surface area contributed by atoms with Crippen LogP contribution in [0.4, 0.5) is 0 Å². The van der Waals surface area contributed by atoms with Gasteiger partial charge in [0.25, 0.3) is 0 Å². The Morgan fingerprint density at radius 3 is 2.37 bits per heavy atom. The second kappa shape index (κ2) is 9.84. The molecule has 0 spiro atoms. The van der Waals surface area contributed by atoms with E-state index in [2.05, 4.69) is 5.32 Å². The summed E-state index contributed by atoms with van der Waals surface area (Å²) in [4.78, 5) is 23.6. The molecule has 2 N–H and O–H groups in total. The maximum atomic E-state index is 12.3. The van der Waals surface area contributed by atoms with Gasteiger partial charge in [-0.15, -0.1) is 0 Å². The van der Waals surface area contributed by atoms with E-state index < -0.39 is 22.2 Å². The minimum absolute atomic E-state index is 0.119. The van der Waals surface area contributed by atoms with Crippen LogP contribution < -0.4 is 10.0 Å². The Hall–Kier alpha value is -2.75. The highest BCUT2D eigenvalue weighted by Crippen LogP contribution is 2.14. The van der Waals surface area contributed by atoms with E-state index in [1.165, 1.54) is 0 Å². The number of carbonyl (C=O) groups excluding carboxylic acids is 2. The molecule has 9 heteroatoms. The smallest absolute Gasteiger partial charge is 0.323 e. The van der Waals surface area contributed by atoms with Crippen molar-refractivity contribution in [2.45, 2.75) is 32.5 Å². The van der Waals surface area contributed by atoms with Crippen molar-refractivity contribution in [3.8, 4) is 0 Å². The standard InChI is InChI=1S/C21H25N3O5S/c1-2-29-21(26)19(12-16-6-4-3-5-7-16)22-13-17-8-10-18(11-9-17)14-24-15-20(25)23-30(24,27)28/h3-11,19,22H,2,12-15H2,1H3,(H,23,25)/t19-/m0/s1. The van der Waals surface area contributed by atoms with Crippen LogP contribution in [0.5, 0.6) is 0 Å². The molecule has 2 aromatic carbocycles. The Bertz CT molecular complexity index is 977. The first kappa shape index (κ1) is 21.9. The number of benzene rings is 2. The zero-order valence-electron chi connectivity index (χ0n) is 16.7. The summed E-state index contributed by atoms with van der Waals surface area (Å²) >= 11 is 0. The number of amides is 1. The molecule has 1 atom stereocenters. The fourth-order valence-corrected chi connectivity index (χ4v) is 4.25. The molecule has 1 aliphatic heterocycles. The second-order valence-corrected chi connectivity index (χ2v) is 8.66. The van der Waals surface area contributed by atoms with Gasteiger partial charge < -0.3 is 10.1 Å². The maximum absolute atomic E-state index is 12.3. The van der Waals surface area contributed by atoms with Gasteiger partial charge in [0, 0.05) is 13.1 Å². The summed E-state index contributed by atoms with van der Waals surface area (Å²) in [6.07, 6.45) is 0.519. The van der Waals surface area contributed by atoms with Crippen LogP contribution >= 0.6 is 0 Å². The molecule has 1 heterocycles. The summed E-state index contributed by atoms with van der Waals surface area (Å²) in [6.45, 7) is 2.50. The predicted octanol–water partition coefficient (Wildman–Crippen LogP) is 1.13. The van der Waals surface area contributed by atoms with Gasteiger partial charge in [-0.2, -0.15) is 12.7 Å². The molecule has 160 valence electrons. The summed E-state index contributed by atoms with van der Waals surface area (Å²) in [5, 5.41) is 3.25. The summed E-state index contributed by atoms with van der Waals surface area (Å²) < 4.78 is 31.9. The second-order valence-electron chi connectivity index (χ2n) is 6.99. The Labute approximate surface area is 176 Å². The van der Waals surface area contributed by atoms with Crippen LogP contribution in [-0.2, 0) is 44.0 Å². The zero-order chi connectivity index (χ0) is 21.6. The van der Waals surface area contributed by atoms with Gasteiger partial charge in [-0.1, -0.05) is 54.6 Å². The maximum Gasteiger partial charge on any atom is 0.323 e. The minimum Gasteiger partial charge on any atom is -0.465 e. The van der Waals surface area contributed by atoms with Crippen molar-refractivity contribution < 1.29 is 22.7 Å². The molecular formula is C21H25N3O5S. The number of nitrogens with zero attached hydrogens (tertiary/aromatic N) is 1. The largest absolute Gasteiger partial charge is 0.465 e. The number of ether oxygens (including phenoxy) is 1. The Kier molecular flexibility index (Phi) is 7.20. The van der Waals surface area contributed by atoms with Crippen molar-refractivity contribution in [1.82, 2.24) is 14.3 Å². The molecule has 1 saturated heterocycles. The molecule has 1 amide bonds. The van der Waals surface area contributed by atoms with Crippen molar-refractivity contribution in [1.29, 1.82) is 0 Å². The van der Waals surface area contributed by atoms with E-state index in [4.69, 9.17) is 4.74 Å². The van der Waals surface area contributed by atoms with E-state index in [-0.39, 0.29) is 19.1 Å². The number of rotatable bonds is 9. The van der Waals surface area contributed by atoms with Crippen LogP contribution in [0.15, 0.2) is 54.6 Å². The van der Waals surface area contributed by atoms with E-state index in [0.717, 1.165) is 21.0 Å². The van der Waals surface area contributed by atoms with Crippen LogP contribution in [-0.4, -0.2) is 43.8 Å². The zero-order valence-corrected chi connectivity index (χ0v) is 17.5. The van der Waals surface area contributed by atoms with Crippen molar-refractivity contribution in [3.05, 3.63) is 71.3 Å². The third-order valence-electron chi connectivity index (χ3n) is 4.69. The van der Waals surface area contributed by atoms with Gasteiger partial charge in [0.1, 0.15) is 6.04 Å². The minimum atomic E-state index is -3.74. The van der Waals surface area contributed by atoms with Crippen LogP contribution in [0.3, 0.4) is 0 Å². The van der Waals surface area contributed by atoms with Gasteiger partial charge in [0.15, 0.2) is 0 Å². The topological polar surface area (TPSA) is 105 Å². The Morgan fingerprint density at radius 1 is 1.10 bits per heavy atom. The van der Waals surface area contributed by atoms with Crippen molar-refractivity contribution in [2.24, 2.45) is 0 Å². The predicted molar refractivity (Wildman–Crippen MR) is 111 cm³/mol. The fraction of sp³-hybridized carbons (Fsp3) is 0.333. The fourth-order valence-electron chi connectivity index (χ4n) is 3.17. The lowest BCUT2D eigenvalue weighted by Crippen LogP contribution is -2.39. The molecule has 0 saturated carbocycles. The van der Waals surface area contributed by atoms with E-state index in [1.807, 2.05) is 59.3 Å². The van der Waals surface area contributed by atoms with Crippen molar-refractivity contribution in [2.75, 3.05) is 13.2 Å². The summed E-state index contributed by atoms with van der Waals surface area (Å²) in [6, 6.07) is 16.6. The molecule has 30 heavy (non-hydrogen) atoms. The van der Waals surface area contributed by atoms with Gasteiger partial charge in [-0.05, 0) is 30.0 Å². The number of esters is 1. The third-order valence-corrected chi connectivity index (χ3v) is 6.11. The molecular weight excluding hydrogens is 406 g/mol. The lowest BCUT2D eigenvalue weighted by Gasteiger charge is -2.18. The van der Waals surface area contributed by atoms with Crippen LogP contribution in [0.25, 0.3) is 0 Å². The summed E-state index contributed by atoms with van der Waals surface area (Å²) in [5.41, 5.74) is 2.75. The highest BCUT2D eigenvalue weighted by atomic mass is 32.2. The van der Waals surface area contributed by atoms with Gasteiger partial charge >= 0.3 is 16.2 Å². The van der Waals surface area contributed by atoms with Gasteiger partial charge in [-0.3, -0.25) is 9.59 Å². The van der Waals surface area contributed by atoms with Gasteiger partial charge in [-0.25, -0.2) is 4.72 Å². The normalized spacial score (nSPS) is 16.8. The molecule has 0 aromatic heterocycles.